The summed E-state index contributed by atoms with van der Waals surface area (Å²) in [6, 6.07) is 7.74. The lowest BCUT2D eigenvalue weighted by molar-refractivity contribution is -0.133. The van der Waals surface area contributed by atoms with Gasteiger partial charge in [0.15, 0.2) is 17.5 Å². The predicted molar refractivity (Wildman–Crippen MR) is 121 cm³/mol. The Morgan fingerprint density at radius 3 is 2.35 bits per heavy atom. The zero-order valence-corrected chi connectivity index (χ0v) is 19.2. The molecule has 1 aliphatic rings. The molecule has 0 unspecified atom stereocenters. The van der Waals surface area contributed by atoms with Crippen LogP contribution < -0.4 is 15.0 Å². The molecule has 1 N–H and O–H groups in total. The molecule has 11 heteroatoms. The number of nitrogens with one attached hydrogen (secondary N) is 1. The smallest absolute Gasteiger partial charge is 0.387 e. The summed E-state index contributed by atoms with van der Waals surface area (Å²) in [7, 11) is 0. The van der Waals surface area contributed by atoms with E-state index in [1.165, 1.54) is 18.3 Å². The fourth-order valence-corrected chi connectivity index (χ4v) is 4.06. The van der Waals surface area contributed by atoms with E-state index in [0.29, 0.717) is 30.2 Å². The zero-order valence-electron chi connectivity index (χ0n) is 19.2. The Kier molecular flexibility index (Phi) is 6.30. The SMILES string of the molecule is CC1(C)CN(c2ncc(F)c(Nc3cc(-c4ccc(OC(F)F)cc4)cnn3)n2)CC(C)(C)O1. The molecule has 34 heavy (non-hydrogen) atoms. The van der Waals surface area contributed by atoms with Gasteiger partial charge in [0, 0.05) is 18.7 Å². The van der Waals surface area contributed by atoms with Gasteiger partial charge in [-0.2, -0.15) is 18.9 Å². The number of aromatic nitrogens is 4. The molecule has 0 amide bonds. The second-order valence-corrected chi connectivity index (χ2v) is 9.20. The third-order valence-corrected chi connectivity index (χ3v) is 5.02. The minimum absolute atomic E-state index is 0.0424. The van der Waals surface area contributed by atoms with Crippen LogP contribution in [0.2, 0.25) is 0 Å². The molecule has 180 valence electrons. The standard InChI is InChI=1S/C23H25F3N6O2/c1-22(2)12-32(13-23(3,4)34-22)21-27-11-17(24)19(30-21)29-18-9-15(10-28-31-18)14-5-7-16(8-6-14)33-20(25)26/h5-11,20H,12-13H2,1-4H3,(H,27,29,30,31). The van der Waals surface area contributed by atoms with Crippen molar-refractivity contribution < 1.29 is 22.6 Å². The Hall–Kier alpha value is -3.47. The maximum atomic E-state index is 14.5. The topological polar surface area (TPSA) is 85.3 Å². The molecule has 0 aliphatic carbocycles. The Morgan fingerprint density at radius 1 is 1.03 bits per heavy atom. The molecule has 0 atom stereocenters. The van der Waals surface area contributed by atoms with Crippen LogP contribution in [0.4, 0.5) is 30.8 Å². The molecule has 1 aromatic carbocycles. The van der Waals surface area contributed by atoms with Crippen molar-refractivity contribution in [2.24, 2.45) is 0 Å². The Morgan fingerprint density at radius 2 is 1.71 bits per heavy atom. The van der Waals surface area contributed by atoms with E-state index in [9.17, 15) is 13.2 Å². The molecule has 0 radical (unpaired) electrons. The van der Waals surface area contributed by atoms with Crippen molar-refractivity contribution in [3.8, 4) is 16.9 Å². The van der Waals surface area contributed by atoms with Gasteiger partial charge in [-0.25, -0.2) is 9.37 Å². The Balaban J connectivity index is 1.55. The molecule has 1 aliphatic heterocycles. The van der Waals surface area contributed by atoms with Crippen molar-refractivity contribution in [2.75, 3.05) is 23.3 Å². The number of benzene rings is 1. The lowest BCUT2D eigenvalue weighted by Gasteiger charge is -2.47. The summed E-state index contributed by atoms with van der Waals surface area (Å²) in [4.78, 5) is 10.5. The number of hydrogen-bond acceptors (Lipinski definition) is 8. The highest BCUT2D eigenvalue weighted by Gasteiger charge is 2.39. The minimum atomic E-state index is -2.90. The van der Waals surface area contributed by atoms with Crippen LogP contribution in [0.5, 0.6) is 5.75 Å². The molecule has 0 saturated carbocycles. The Bertz CT molecular complexity index is 1140. The van der Waals surface area contributed by atoms with E-state index in [-0.39, 0.29) is 17.4 Å². The van der Waals surface area contributed by atoms with Gasteiger partial charge in [-0.3, -0.25) is 0 Å². The van der Waals surface area contributed by atoms with E-state index in [1.807, 2.05) is 32.6 Å². The highest BCUT2D eigenvalue weighted by atomic mass is 19.3. The number of alkyl halides is 2. The molecule has 3 aromatic rings. The van der Waals surface area contributed by atoms with Gasteiger partial charge < -0.3 is 19.7 Å². The number of nitrogens with zero attached hydrogens (tertiary/aromatic N) is 5. The van der Waals surface area contributed by atoms with Gasteiger partial charge in [0.05, 0.1) is 23.6 Å². The minimum Gasteiger partial charge on any atom is -0.435 e. The fourth-order valence-electron chi connectivity index (χ4n) is 4.06. The van der Waals surface area contributed by atoms with Crippen molar-refractivity contribution in [3.05, 3.63) is 48.5 Å². The second kappa shape index (κ2) is 9.05. The summed E-state index contributed by atoms with van der Waals surface area (Å²) in [6.45, 7) is 6.12. The number of hydrogen-bond donors (Lipinski definition) is 1. The first-order valence-corrected chi connectivity index (χ1v) is 10.6. The third-order valence-electron chi connectivity index (χ3n) is 5.02. The van der Waals surface area contributed by atoms with Crippen molar-refractivity contribution >= 4 is 17.6 Å². The van der Waals surface area contributed by atoms with Gasteiger partial charge in [-0.1, -0.05) is 12.1 Å². The summed E-state index contributed by atoms with van der Waals surface area (Å²) >= 11 is 0. The molecular weight excluding hydrogens is 449 g/mol. The van der Waals surface area contributed by atoms with Gasteiger partial charge in [-0.15, -0.1) is 5.10 Å². The molecule has 1 fully saturated rings. The normalized spacial score (nSPS) is 17.0. The summed E-state index contributed by atoms with van der Waals surface area (Å²) in [5.41, 5.74) is 0.486. The number of anilines is 3. The van der Waals surface area contributed by atoms with Crippen LogP contribution in [-0.2, 0) is 4.74 Å². The highest BCUT2D eigenvalue weighted by Crippen LogP contribution is 2.31. The lowest BCUT2D eigenvalue weighted by atomic mass is 9.99. The molecule has 0 bridgehead atoms. The van der Waals surface area contributed by atoms with Crippen molar-refractivity contribution in [1.29, 1.82) is 0 Å². The van der Waals surface area contributed by atoms with E-state index >= 15 is 0 Å². The van der Waals surface area contributed by atoms with Crippen molar-refractivity contribution in [3.63, 3.8) is 0 Å². The third kappa shape index (κ3) is 5.71. The van der Waals surface area contributed by atoms with Crippen molar-refractivity contribution in [1.82, 2.24) is 20.2 Å². The van der Waals surface area contributed by atoms with E-state index < -0.39 is 23.6 Å². The fraction of sp³-hybridized carbons (Fsp3) is 0.391. The molecule has 2 aromatic heterocycles. The monoisotopic (exact) mass is 474 g/mol. The van der Waals surface area contributed by atoms with E-state index in [2.05, 4.69) is 30.2 Å². The van der Waals surface area contributed by atoms with Gasteiger partial charge >= 0.3 is 6.61 Å². The van der Waals surface area contributed by atoms with Crippen LogP contribution in [0, 0.1) is 5.82 Å². The average Bonchev–Trinajstić information content (AvgIpc) is 2.73. The molecule has 4 rings (SSSR count). The maximum Gasteiger partial charge on any atom is 0.387 e. The average molecular weight is 474 g/mol. The van der Waals surface area contributed by atoms with E-state index in [0.717, 1.165) is 6.20 Å². The van der Waals surface area contributed by atoms with Gasteiger partial charge in [0.1, 0.15) is 5.75 Å². The van der Waals surface area contributed by atoms with Gasteiger partial charge in [0.25, 0.3) is 0 Å². The largest absolute Gasteiger partial charge is 0.435 e. The summed E-state index contributed by atoms with van der Waals surface area (Å²) in [6.07, 6.45) is 2.62. The number of morpholine rings is 1. The number of halogens is 3. The van der Waals surface area contributed by atoms with Crippen LogP contribution in [0.15, 0.2) is 42.7 Å². The van der Waals surface area contributed by atoms with Crippen LogP contribution in [-0.4, -0.2) is 51.1 Å². The quantitative estimate of drug-likeness (QED) is 0.545. The number of ether oxygens (including phenoxy) is 2. The van der Waals surface area contributed by atoms with E-state index in [4.69, 9.17) is 4.74 Å². The highest BCUT2D eigenvalue weighted by molar-refractivity contribution is 5.67. The Labute approximate surface area is 195 Å². The molecule has 8 nitrogen and oxygen atoms in total. The first kappa shape index (κ1) is 23.7. The van der Waals surface area contributed by atoms with Gasteiger partial charge in [0.2, 0.25) is 5.95 Å². The van der Waals surface area contributed by atoms with Gasteiger partial charge in [-0.05, 0) is 51.5 Å². The van der Waals surface area contributed by atoms with Crippen LogP contribution >= 0.6 is 0 Å². The number of rotatable bonds is 6. The van der Waals surface area contributed by atoms with Crippen molar-refractivity contribution in [2.45, 2.75) is 45.5 Å². The lowest BCUT2D eigenvalue weighted by Crippen LogP contribution is -2.57. The van der Waals surface area contributed by atoms with Crippen LogP contribution in [0.25, 0.3) is 11.1 Å². The molecule has 0 spiro atoms. The van der Waals surface area contributed by atoms with Crippen LogP contribution in [0.1, 0.15) is 27.7 Å². The first-order chi connectivity index (χ1) is 16.0. The summed E-state index contributed by atoms with van der Waals surface area (Å²) in [5.74, 6) is -0.0108. The molecule has 1 saturated heterocycles. The van der Waals surface area contributed by atoms with Crippen LogP contribution in [0.3, 0.4) is 0 Å². The molecule has 3 heterocycles. The predicted octanol–water partition coefficient (Wildman–Crippen LogP) is 4.81. The molecular formula is C23H25F3N6O2. The zero-order chi connectivity index (χ0) is 24.5. The maximum absolute atomic E-state index is 14.5. The van der Waals surface area contributed by atoms with E-state index in [1.54, 1.807) is 18.2 Å². The summed E-state index contributed by atoms with van der Waals surface area (Å²) < 4.78 is 49.7. The summed E-state index contributed by atoms with van der Waals surface area (Å²) in [5, 5.41) is 10.8. The first-order valence-electron chi connectivity index (χ1n) is 10.6. The second-order valence-electron chi connectivity index (χ2n) is 9.20.